The zero-order valence-electron chi connectivity index (χ0n) is 77.3. The molecule has 0 radical (unpaired) electrons. The second kappa shape index (κ2) is 31.5. The zero-order chi connectivity index (χ0) is 92.8. The molecule has 141 heavy (non-hydrogen) atoms. The highest BCUT2D eigenvalue weighted by Crippen LogP contribution is 2.56. The van der Waals surface area contributed by atoms with Gasteiger partial charge in [0.1, 0.15) is 17.2 Å². The summed E-state index contributed by atoms with van der Waals surface area (Å²) in [4.78, 5) is 7.04. The van der Waals surface area contributed by atoms with Crippen molar-refractivity contribution in [3.8, 4) is 134 Å². The van der Waals surface area contributed by atoms with Crippen LogP contribution < -0.4 is 44.8 Å². The summed E-state index contributed by atoms with van der Waals surface area (Å²) in [5.41, 5.74) is 45.9. The van der Waals surface area contributed by atoms with Crippen molar-refractivity contribution in [1.29, 1.82) is 0 Å². The quantitative estimate of drug-likeness (QED) is 0.141. The van der Waals surface area contributed by atoms with Crippen molar-refractivity contribution in [2.75, 3.05) is 14.4 Å². The summed E-state index contributed by atoms with van der Waals surface area (Å²) in [7, 11) is -0.514. The Bertz CT molecular complexity index is 9350. The standard InChI is InChI=1S/C54H34BN3O.C42H27BN2O.C33H24BNO/c1-3-16-39(17-4-1)56-48-24-11-8-22-43(48)45-33-53-46(34-52(45)56)44-31-37(26-28-49(44)57(53)40-18-5-2-6-19-40)35-14-13-15-36(30-35)38-27-29-51-54(32-38)59-55-47-23-10-7-20-41(47)42-21-9-12-25-50(42)58(51)55;1-2-13-32(14-3-1)44-38-19-8-5-17-35(38)36-26-30(21-23-39(36)44)28-11-10-12-29(25-28)31-22-24-41-42(27-31)46-43-37-18-7-4-15-33(37)34-16-6-9-20-40(34)45(41)43;1-33(2)27-12-6-3-9-23(27)24-17-15-21(19-28(24)33)22-16-18-31-32(20-22)36-34-29-13-7-4-10-25(29)26-11-5-8-14-30(26)35(31)34/h1-34H;1-27H;3-20H,1-2H3. The van der Waals surface area contributed by atoms with Gasteiger partial charge in [0.15, 0.2) is 0 Å². The third kappa shape index (κ3) is 12.5. The van der Waals surface area contributed by atoms with E-state index in [-0.39, 0.29) is 26.6 Å². The second-order valence-corrected chi connectivity index (χ2v) is 38.4. The van der Waals surface area contributed by atoms with Crippen molar-refractivity contribution in [3.05, 3.63) is 490 Å². The van der Waals surface area contributed by atoms with E-state index in [1.165, 1.54) is 199 Å². The number of hydrogen-bond donors (Lipinski definition) is 0. The lowest BCUT2D eigenvalue weighted by molar-refractivity contribution is 0.603. The Hall–Kier alpha value is -18.0. The fraction of sp³-hybridized carbons (Fsp3) is 0.0233. The zero-order valence-corrected chi connectivity index (χ0v) is 77.3. The van der Waals surface area contributed by atoms with Gasteiger partial charge in [0.05, 0.1) is 50.2 Å². The molecule has 31 rings (SSSR count). The molecule has 0 saturated carbocycles. The first-order valence-corrected chi connectivity index (χ1v) is 48.7. The predicted molar refractivity (Wildman–Crippen MR) is 587 cm³/mol. The van der Waals surface area contributed by atoms with E-state index >= 15 is 0 Å². The van der Waals surface area contributed by atoms with E-state index in [9.17, 15) is 0 Å². The Morgan fingerprint density at radius 3 is 0.879 bits per heavy atom. The van der Waals surface area contributed by atoms with Crippen molar-refractivity contribution in [2.24, 2.45) is 0 Å². The van der Waals surface area contributed by atoms with Crippen LogP contribution in [0.3, 0.4) is 0 Å². The molecule has 658 valence electrons. The molecule has 0 spiro atoms. The van der Waals surface area contributed by atoms with Crippen molar-refractivity contribution >= 4 is 137 Å². The SMILES string of the molecule is CC1(C)c2ccccc2-c2ccc(-c3ccc4c(c3)OB3c5ccccc5-c5ccccc5N34)cc21.c1ccc(-n2c3ccccc3c3cc(-c4cccc(-c5ccc6c(c5)OB5c7ccccc7-c7ccccc7N56)c4)ccc32)cc1.c1ccc(-n2c3ccccc3c3cc4c(cc32)c2cc(-c3cccc(-c5ccc6c(c5)OB5c7ccccc7-c7ccccc7N56)c3)ccc2n4-c2ccccc2)cc1. The Morgan fingerprint density at radius 1 is 0.177 bits per heavy atom. The molecule has 3 aromatic heterocycles. The van der Waals surface area contributed by atoms with Gasteiger partial charge in [-0.05, 0) is 269 Å². The molecule has 9 nitrogen and oxygen atoms in total. The van der Waals surface area contributed by atoms with Crippen molar-refractivity contribution in [3.63, 3.8) is 0 Å². The monoisotopic (exact) mass is 1800 g/mol. The summed E-state index contributed by atoms with van der Waals surface area (Å²) in [6.45, 7) is 4.67. The van der Waals surface area contributed by atoms with Gasteiger partial charge in [-0.1, -0.05) is 335 Å². The molecule has 0 amide bonds. The maximum atomic E-state index is 6.81. The van der Waals surface area contributed by atoms with Gasteiger partial charge < -0.3 is 42.1 Å². The number of fused-ring (bicyclic) bond motifs is 36. The van der Waals surface area contributed by atoms with Gasteiger partial charge in [-0.15, -0.1) is 0 Å². The van der Waals surface area contributed by atoms with Crippen LogP contribution in [0.25, 0.3) is 183 Å². The summed E-state index contributed by atoms with van der Waals surface area (Å²) in [6, 6.07) is 173. The fourth-order valence-corrected chi connectivity index (χ4v) is 23.9. The minimum atomic E-state index is -0.197. The molecule has 1 aliphatic carbocycles. The van der Waals surface area contributed by atoms with Crippen LogP contribution in [0.5, 0.6) is 17.2 Å². The molecule has 7 aliphatic rings. The number of aromatic nitrogens is 3. The lowest BCUT2D eigenvalue weighted by Gasteiger charge is -2.31. The molecule has 24 aromatic rings. The van der Waals surface area contributed by atoms with E-state index < -0.39 is 0 Å². The van der Waals surface area contributed by atoms with Crippen LogP contribution in [-0.2, 0) is 5.41 Å². The third-order valence-electron chi connectivity index (χ3n) is 30.4. The highest BCUT2D eigenvalue weighted by molar-refractivity contribution is 6.78. The van der Waals surface area contributed by atoms with Gasteiger partial charge in [0.25, 0.3) is 0 Å². The van der Waals surface area contributed by atoms with Gasteiger partial charge in [0.2, 0.25) is 0 Å². The van der Waals surface area contributed by atoms with Crippen LogP contribution >= 0.6 is 0 Å². The Morgan fingerprint density at radius 2 is 0.461 bits per heavy atom. The van der Waals surface area contributed by atoms with E-state index in [2.05, 4.69) is 521 Å². The number of para-hydroxylation sites is 8. The maximum Gasteiger partial charge on any atom is 0.524 e. The minimum Gasteiger partial charge on any atom is -0.536 e. The van der Waals surface area contributed by atoms with E-state index in [4.69, 9.17) is 14.0 Å². The van der Waals surface area contributed by atoms with Crippen LogP contribution in [0.4, 0.5) is 34.1 Å². The molecule has 0 fully saturated rings. The van der Waals surface area contributed by atoms with Crippen LogP contribution in [-0.4, -0.2) is 34.9 Å². The van der Waals surface area contributed by atoms with Crippen LogP contribution in [0, 0.1) is 0 Å². The molecule has 0 atom stereocenters. The smallest absolute Gasteiger partial charge is 0.524 e. The van der Waals surface area contributed by atoms with Gasteiger partial charge in [-0.3, -0.25) is 0 Å². The maximum absolute atomic E-state index is 6.81. The largest absolute Gasteiger partial charge is 0.536 e. The summed E-state index contributed by atoms with van der Waals surface area (Å²) >= 11 is 0. The van der Waals surface area contributed by atoms with Gasteiger partial charge in [-0.25, -0.2) is 0 Å². The van der Waals surface area contributed by atoms with E-state index in [0.29, 0.717) is 0 Å². The molecular weight excluding hydrogens is 1710 g/mol. The molecule has 0 N–H and O–H groups in total. The molecule has 9 heterocycles. The first-order chi connectivity index (χ1) is 69.7. The lowest BCUT2D eigenvalue weighted by Crippen LogP contribution is -2.50. The minimum absolute atomic E-state index is 0.0107. The molecule has 6 aliphatic heterocycles. The third-order valence-corrected chi connectivity index (χ3v) is 30.4. The number of rotatable bonds is 8. The molecule has 0 unspecified atom stereocenters. The summed E-state index contributed by atoms with van der Waals surface area (Å²) < 4.78 is 27.4. The number of benzene rings is 21. The van der Waals surface area contributed by atoms with Crippen molar-refractivity contribution in [1.82, 2.24) is 13.7 Å². The Balaban J connectivity index is 0.000000104. The Labute approximate surface area is 817 Å². The summed E-state index contributed by atoms with van der Waals surface area (Å²) in [5, 5.41) is 7.46. The number of nitrogens with zero attached hydrogens (tertiary/aromatic N) is 6. The normalized spacial score (nSPS) is 13.5. The summed E-state index contributed by atoms with van der Waals surface area (Å²) in [6.07, 6.45) is 0. The van der Waals surface area contributed by atoms with Crippen molar-refractivity contribution in [2.45, 2.75) is 19.3 Å². The van der Waals surface area contributed by atoms with E-state index in [0.717, 1.165) is 62.4 Å². The highest BCUT2D eigenvalue weighted by atomic mass is 16.5. The lowest BCUT2D eigenvalue weighted by atomic mass is 9.65. The van der Waals surface area contributed by atoms with Crippen molar-refractivity contribution < 1.29 is 14.0 Å². The van der Waals surface area contributed by atoms with Crippen LogP contribution in [0.15, 0.2) is 479 Å². The van der Waals surface area contributed by atoms with Crippen LogP contribution in [0.2, 0.25) is 0 Å². The number of hydrogen-bond acceptors (Lipinski definition) is 6. The topological polar surface area (TPSA) is 52.2 Å². The molecule has 0 saturated heterocycles. The summed E-state index contributed by atoms with van der Waals surface area (Å²) in [5.74, 6) is 2.75. The number of anilines is 6. The van der Waals surface area contributed by atoms with E-state index in [1.807, 2.05) is 0 Å². The van der Waals surface area contributed by atoms with Crippen LogP contribution in [0.1, 0.15) is 25.0 Å². The average Bonchev–Trinajstić information content (AvgIpc) is 1.56. The molecule has 21 aromatic carbocycles. The second-order valence-electron chi connectivity index (χ2n) is 38.4. The molecule has 0 bridgehead atoms. The first-order valence-electron chi connectivity index (χ1n) is 48.7. The molecule has 12 heteroatoms. The van der Waals surface area contributed by atoms with Gasteiger partial charge in [-0.2, -0.15) is 0 Å². The highest BCUT2D eigenvalue weighted by Gasteiger charge is 2.49. The predicted octanol–water partition coefficient (Wildman–Crippen LogP) is 30.7. The fourth-order valence-electron chi connectivity index (χ4n) is 23.9. The van der Waals surface area contributed by atoms with Gasteiger partial charge in [0, 0.05) is 88.5 Å². The first kappa shape index (κ1) is 80.3. The van der Waals surface area contributed by atoms with E-state index in [1.54, 1.807) is 0 Å². The van der Waals surface area contributed by atoms with Gasteiger partial charge >= 0.3 is 21.2 Å². The average molecular weight is 1800 g/mol. The molecular formula is C129H85B3N6O3. The Kier molecular flexibility index (Phi) is 18.0.